The van der Waals surface area contributed by atoms with Crippen LogP contribution in [0.4, 0.5) is 0 Å². The fourth-order valence-corrected chi connectivity index (χ4v) is 7.34. The number of hydrogen-bond acceptors (Lipinski definition) is 4. The molecule has 0 radical (unpaired) electrons. The molecule has 0 aromatic carbocycles. The lowest BCUT2D eigenvalue weighted by Gasteiger charge is -2.55. The van der Waals surface area contributed by atoms with Gasteiger partial charge in [-0.3, -0.25) is 9.59 Å². The number of rotatable bonds is 8. The summed E-state index contributed by atoms with van der Waals surface area (Å²) in [5.74, 6) is -7.60. The Kier molecular flexibility index (Phi) is 7.66. The second kappa shape index (κ2) is 9.88. The van der Waals surface area contributed by atoms with Crippen LogP contribution in [0.1, 0.15) is 96.3 Å². The molecule has 0 aromatic heterocycles. The smallest absolute Gasteiger partial charge is 0.337 e. The summed E-state index contributed by atoms with van der Waals surface area (Å²) in [5, 5.41) is 43.5. The molecule has 31 heavy (non-hydrogen) atoms. The molecule has 2 unspecified atom stereocenters. The standard InChI is InChI=1S/C24H38O7/c25-20(26)19(16-10-4-1-5-11-16)24(31,22(29)30)23(21(27)28,17-12-6-2-7-13-17)18-14-8-3-9-15-18/h16-19,31H,1-15H2,(H,25,26)(H,27,28)(H,29,30). The van der Waals surface area contributed by atoms with E-state index >= 15 is 0 Å². The van der Waals surface area contributed by atoms with Crippen LogP contribution in [-0.2, 0) is 14.4 Å². The fourth-order valence-electron chi connectivity index (χ4n) is 7.34. The molecule has 3 rings (SSSR count). The van der Waals surface area contributed by atoms with Crippen LogP contribution in [0.15, 0.2) is 0 Å². The van der Waals surface area contributed by atoms with E-state index in [0.29, 0.717) is 38.5 Å². The highest BCUT2D eigenvalue weighted by molar-refractivity contribution is 5.94. The summed E-state index contributed by atoms with van der Waals surface area (Å²) in [6.45, 7) is 0. The third kappa shape index (κ3) is 4.10. The SMILES string of the molecule is O=C(O)C(C1CCCCC1)C(O)(C(=O)O)C(C(=O)O)(C1CCCCC1)C1CCCCC1. The van der Waals surface area contributed by atoms with E-state index in [1.807, 2.05) is 0 Å². The second-order valence-corrected chi connectivity index (χ2v) is 10.1. The van der Waals surface area contributed by atoms with Gasteiger partial charge in [-0.1, -0.05) is 57.8 Å². The molecule has 3 fully saturated rings. The van der Waals surface area contributed by atoms with Crippen molar-refractivity contribution in [2.75, 3.05) is 0 Å². The predicted molar refractivity (Wildman–Crippen MR) is 114 cm³/mol. The monoisotopic (exact) mass is 438 g/mol. The van der Waals surface area contributed by atoms with Gasteiger partial charge in [0.2, 0.25) is 0 Å². The van der Waals surface area contributed by atoms with E-state index in [1.54, 1.807) is 0 Å². The Morgan fingerprint density at radius 2 is 1.00 bits per heavy atom. The maximum atomic E-state index is 13.2. The van der Waals surface area contributed by atoms with Gasteiger partial charge in [-0.05, 0) is 56.3 Å². The number of aliphatic hydroxyl groups is 1. The molecule has 3 aliphatic rings. The lowest BCUT2D eigenvalue weighted by atomic mass is 9.47. The highest BCUT2D eigenvalue weighted by Crippen LogP contribution is 2.59. The van der Waals surface area contributed by atoms with Crippen molar-refractivity contribution in [3.8, 4) is 0 Å². The summed E-state index contributed by atoms with van der Waals surface area (Å²) in [6.07, 6.45) is 10.6. The van der Waals surface area contributed by atoms with Gasteiger partial charge in [0.25, 0.3) is 0 Å². The van der Waals surface area contributed by atoms with Crippen LogP contribution in [0.2, 0.25) is 0 Å². The summed E-state index contributed by atoms with van der Waals surface area (Å²) in [4.78, 5) is 38.6. The predicted octanol–water partition coefficient (Wildman–Crippen LogP) is 4.31. The number of carbonyl (C=O) groups is 3. The molecule has 4 N–H and O–H groups in total. The van der Waals surface area contributed by atoms with Crippen LogP contribution in [-0.4, -0.2) is 43.9 Å². The third-order valence-electron chi connectivity index (χ3n) is 8.65. The van der Waals surface area contributed by atoms with Gasteiger partial charge in [0.15, 0.2) is 5.60 Å². The molecular weight excluding hydrogens is 400 g/mol. The molecule has 0 heterocycles. The van der Waals surface area contributed by atoms with Crippen molar-refractivity contribution in [1.29, 1.82) is 0 Å². The average molecular weight is 439 g/mol. The fraction of sp³-hybridized carbons (Fsp3) is 0.875. The molecule has 7 heteroatoms. The van der Waals surface area contributed by atoms with E-state index in [-0.39, 0.29) is 0 Å². The maximum absolute atomic E-state index is 13.2. The first-order valence-electron chi connectivity index (χ1n) is 12.2. The Labute approximate surface area is 184 Å². The molecule has 3 aliphatic carbocycles. The quantitative estimate of drug-likeness (QED) is 0.444. The summed E-state index contributed by atoms with van der Waals surface area (Å²) < 4.78 is 0. The van der Waals surface area contributed by atoms with E-state index < -0.39 is 52.6 Å². The molecule has 0 bridgehead atoms. The minimum Gasteiger partial charge on any atom is -0.481 e. The van der Waals surface area contributed by atoms with E-state index in [2.05, 4.69) is 0 Å². The molecule has 7 nitrogen and oxygen atoms in total. The minimum atomic E-state index is -2.84. The first-order valence-corrected chi connectivity index (χ1v) is 12.2. The van der Waals surface area contributed by atoms with Crippen LogP contribution in [0, 0.1) is 29.1 Å². The molecule has 0 spiro atoms. The van der Waals surface area contributed by atoms with Gasteiger partial charge >= 0.3 is 17.9 Å². The largest absolute Gasteiger partial charge is 0.481 e. The Morgan fingerprint density at radius 1 is 0.613 bits per heavy atom. The van der Waals surface area contributed by atoms with Crippen LogP contribution in [0.5, 0.6) is 0 Å². The Morgan fingerprint density at radius 3 is 1.32 bits per heavy atom. The lowest BCUT2D eigenvalue weighted by molar-refractivity contribution is -0.231. The van der Waals surface area contributed by atoms with E-state index in [9.17, 15) is 34.8 Å². The first-order chi connectivity index (χ1) is 14.8. The summed E-state index contributed by atoms with van der Waals surface area (Å²) >= 11 is 0. The molecule has 0 aliphatic heterocycles. The van der Waals surface area contributed by atoms with Gasteiger partial charge in [-0.2, -0.15) is 0 Å². The summed E-state index contributed by atoms with van der Waals surface area (Å²) in [5.41, 5.74) is -4.82. The first kappa shape index (κ1) is 24.0. The van der Waals surface area contributed by atoms with Crippen molar-refractivity contribution >= 4 is 17.9 Å². The van der Waals surface area contributed by atoms with Gasteiger partial charge in [-0.25, -0.2) is 4.79 Å². The highest BCUT2D eigenvalue weighted by Gasteiger charge is 2.72. The zero-order chi connectivity index (χ0) is 22.6. The molecule has 0 amide bonds. The van der Waals surface area contributed by atoms with Crippen LogP contribution >= 0.6 is 0 Å². The van der Waals surface area contributed by atoms with Gasteiger partial charge in [0.05, 0.1) is 0 Å². The van der Waals surface area contributed by atoms with Crippen molar-refractivity contribution in [3.05, 3.63) is 0 Å². The van der Waals surface area contributed by atoms with E-state index in [0.717, 1.165) is 57.8 Å². The number of carboxylic acids is 3. The van der Waals surface area contributed by atoms with Gasteiger partial charge in [0.1, 0.15) is 11.3 Å². The number of carboxylic acid groups (broad SMARTS) is 3. The second-order valence-electron chi connectivity index (χ2n) is 10.1. The van der Waals surface area contributed by atoms with Crippen LogP contribution < -0.4 is 0 Å². The van der Waals surface area contributed by atoms with Gasteiger partial charge < -0.3 is 20.4 Å². The van der Waals surface area contributed by atoms with Crippen molar-refractivity contribution in [3.63, 3.8) is 0 Å². The topological polar surface area (TPSA) is 132 Å². The van der Waals surface area contributed by atoms with Crippen LogP contribution in [0.3, 0.4) is 0 Å². The van der Waals surface area contributed by atoms with E-state index in [4.69, 9.17) is 0 Å². The van der Waals surface area contributed by atoms with Crippen molar-refractivity contribution in [1.82, 2.24) is 0 Å². The molecule has 0 aromatic rings. The van der Waals surface area contributed by atoms with Crippen molar-refractivity contribution < 1.29 is 34.8 Å². The van der Waals surface area contributed by atoms with Crippen LogP contribution in [0.25, 0.3) is 0 Å². The summed E-state index contributed by atoms with van der Waals surface area (Å²) in [6, 6.07) is 0. The highest BCUT2D eigenvalue weighted by atomic mass is 16.4. The Balaban J connectivity index is 2.22. The Hall–Kier alpha value is -1.63. The zero-order valence-electron chi connectivity index (χ0n) is 18.4. The molecule has 2 atom stereocenters. The van der Waals surface area contributed by atoms with E-state index in [1.165, 1.54) is 0 Å². The molecular formula is C24H38O7. The average Bonchev–Trinajstić information content (AvgIpc) is 2.76. The number of aliphatic carboxylic acids is 3. The third-order valence-corrected chi connectivity index (χ3v) is 8.65. The van der Waals surface area contributed by atoms with Crippen molar-refractivity contribution in [2.45, 2.75) is 102 Å². The zero-order valence-corrected chi connectivity index (χ0v) is 18.4. The minimum absolute atomic E-state index is 0.511. The number of hydrogen-bond donors (Lipinski definition) is 4. The normalized spacial score (nSPS) is 25.5. The lowest BCUT2D eigenvalue weighted by Crippen LogP contribution is -2.70. The summed E-state index contributed by atoms with van der Waals surface area (Å²) in [7, 11) is 0. The maximum Gasteiger partial charge on any atom is 0.337 e. The van der Waals surface area contributed by atoms with Gasteiger partial charge in [0, 0.05) is 0 Å². The Bertz CT molecular complexity index is 639. The molecule has 176 valence electrons. The molecule has 0 saturated heterocycles. The molecule has 3 saturated carbocycles. The van der Waals surface area contributed by atoms with Crippen molar-refractivity contribution in [2.24, 2.45) is 29.1 Å². The van der Waals surface area contributed by atoms with Gasteiger partial charge in [-0.15, -0.1) is 0 Å².